The molecule has 3 rings (SSSR count). The Morgan fingerprint density at radius 3 is 2.52 bits per heavy atom. The summed E-state index contributed by atoms with van der Waals surface area (Å²) in [5, 5.41) is 12.5. The lowest BCUT2D eigenvalue weighted by Crippen LogP contribution is -2.28. The highest BCUT2D eigenvalue weighted by atomic mass is 32.2. The minimum Gasteiger partial charge on any atom is -0.506 e. The van der Waals surface area contributed by atoms with Gasteiger partial charge >= 0.3 is 0 Å². The van der Waals surface area contributed by atoms with E-state index in [2.05, 4.69) is 5.32 Å². The van der Waals surface area contributed by atoms with Crippen LogP contribution in [0.5, 0.6) is 5.75 Å². The van der Waals surface area contributed by atoms with Gasteiger partial charge in [0, 0.05) is 18.7 Å². The Hall–Kier alpha value is -2.38. The second-order valence-corrected chi connectivity index (χ2v) is 8.05. The maximum absolute atomic E-state index is 12.6. The van der Waals surface area contributed by atoms with Gasteiger partial charge in [0.25, 0.3) is 5.91 Å². The SMILES string of the molecule is Cc1ccc(NC(=O)c2cccc(S(=O)(=O)N3CCCC3)c2)c(O)c1. The molecule has 0 unspecified atom stereocenters. The van der Waals surface area contributed by atoms with Gasteiger partial charge in [-0.3, -0.25) is 4.79 Å². The van der Waals surface area contributed by atoms with Crippen molar-refractivity contribution in [1.29, 1.82) is 0 Å². The monoisotopic (exact) mass is 360 g/mol. The Balaban J connectivity index is 1.84. The maximum atomic E-state index is 12.6. The first-order chi connectivity index (χ1) is 11.9. The number of nitrogens with one attached hydrogen (secondary N) is 1. The number of rotatable bonds is 4. The van der Waals surface area contributed by atoms with Crippen molar-refractivity contribution in [2.45, 2.75) is 24.7 Å². The number of amides is 1. The molecule has 0 spiro atoms. The molecule has 7 heteroatoms. The summed E-state index contributed by atoms with van der Waals surface area (Å²) in [6.45, 7) is 2.85. The van der Waals surface area contributed by atoms with Gasteiger partial charge in [-0.1, -0.05) is 12.1 Å². The number of hydrogen-bond donors (Lipinski definition) is 2. The number of hydrogen-bond acceptors (Lipinski definition) is 4. The molecule has 0 atom stereocenters. The van der Waals surface area contributed by atoms with E-state index >= 15 is 0 Å². The third-order valence-electron chi connectivity index (χ3n) is 4.20. The second kappa shape index (κ2) is 6.85. The van der Waals surface area contributed by atoms with Crippen molar-refractivity contribution in [1.82, 2.24) is 4.31 Å². The van der Waals surface area contributed by atoms with Crippen molar-refractivity contribution in [2.24, 2.45) is 0 Å². The Labute approximate surface area is 147 Å². The number of aryl methyl sites for hydroxylation is 1. The molecule has 6 nitrogen and oxygen atoms in total. The van der Waals surface area contributed by atoms with Gasteiger partial charge in [-0.25, -0.2) is 8.42 Å². The second-order valence-electron chi connectivity index (χ2n) is 6.11. The molecule has 1 fully saturated rings. The summed E-state index contributed by atoms with van der Waals surface area (Å²) in [4.78, 5) is 12.5. The summed E-state index contributed by atoms with van der Waals surface area (Å²) < 4.78 is 26.7. The van der Waals surface area contributed by atoms with E-state index in [-0.39, 0.29) is 21.9 Å². The highest BCUT2D eigenvalue weighted by molar-refractivity contribution is 7.89. The zero-order valence-corrected chi connectivity index (χ0v) is 14.7. The topological polar surface area (TPSA) is 86.7 Å². The number of carbonyl (C=O) groups excluding carboxylic acids is 1. The molecule has 0 saturated carbocycles. The van der Waals surface area contributed by atoms with Crippen molar-refractivity contribution < 1.29 is 18.3 Å². The lowest BCUT2D eigenvalue weighted by Gasteiger charge is -2.16. The van der Waals surface area contributed by atoms with E-state index in [0.717, 1.165) is 18.4 Å². The number of carbonyl (C=O) groups is 1. The molecule has 1 saturated heterocycles. The summed E-state index contributed by atoms with van der Waals surface area (Å²) in [6, 6.07) is 10.9. The number of phenols is 1. The zero-order chi connectivity index (χ0) is 18.0. The molecule has 1 aliphatic heterocycles. The standard InChI is InChI=1S/C18H20N2O4S/c1-13-7-8-16(17(21)11-13)19-18(22)14-5-4-6-15(12-14)25(23,24)20-9-2-3-10-20/h4-8,11-12,21H,2-3,9-10H2,1H3,(H,19,22). The quantitative estimate of drug-likeness (QED) is 0.821. The van der Waals surface area contributed by atoms with E-state index in [1.54, 1.807) is 30.3 Å². The molecule has 2 aromatic carbocycles. The Kier molecular flexibility index (Phi) is 4.78. The molecule has 2 N–H and O–H groups in total. The van der Waals surface area contributed by atoms with E-state index in [4.69, 9.17) is 0 Å². The van der Waals surface area contributed by atoms with Gasteiger partial charge in [0.2, 0.25) is 10.0 Å². The van der Waals surface area contributed by atoms with Crippen LogP contribution < -0.4 is 5.32 Å². The minimum absolute atomic E-state index is 0.0332. The van der Waals surface area contributed by atoms with Crippen LogP contribution in [0.2, 0.25) is 0 Å². The molecule has 0 aliphatic carbocycles. The molecule has 1 amide bonds. The van der Waals surface area contributed by atoms with E-state index in [9.17, 15) is 18.3 Å². The van der Waals surface area contributed by atoms with Crippen molar-refractivity contribution >= 4 is 21.6 Å². The van der Waals surface area contributed by atoms with E-state index < -0.39 is 15.9 Å². The third-order valence-corrected chi connectivity index (χ3v) is 6.10. The minimum atomic E-state index is -3.58. The Morgan fingerprint density at radius 2 is 1.84 bits per heavy atom. The fraction of sp³-hybridized carbons (Fsp3) is 0.278. The molecule has 0 radical (unpaired) electrons. The van der Waals surface area contributed by atoms with E-state index in [0.29, 0.717) is 13.1 Å². The zero-order valence-electron chi connectivity index (χ0n) is 13.9. The number of aromatic hydroxyl groups is 1. The van der Waals surface area contributed by atoms with E-state index in [1.807, 2.05) is 6.92 Å². The van der Waals surface area contributed by atoms with Crippen molar-refractivity contribution in [3.8, 4) is 5.75 Å². The molecule has 2 aromatic rings. The van der Waals surface area contributed by atoms with Crippen LogP contribution in [-0.4, -0.2) is 36.8 Å². The fourth-order valence-electron chi connectivity index (χ4n) is 2.82. The first-order valence-electron chi connectivity index (χ1n) is 8.09. The lowest BCUT2D eigenvalue weighted by molar-refractivity contribution is 0.102. The number of sulfonamides is 1. The van der Waals surface area contributed by atoms with Crippen LogP contribution in [0.25, 0.3) is 0 Å². The van der Waals surface area contributed by atoms with Gasteiger partial charge in [-0.2, -0.15) is 4.31 Å². The van der Waals surface area contributed by atoms with Crippen LogP contribution in [0, 0.1) is 6.92 Å². The fourth-order valence-corrected chi connectivity index (χ4v) is 4.38. The Bertz CT molecular complexity index is 903. The molecule has 0 aromatic heterocycles. The molecule has 25 heavy (non-hydrogen) atoms. The van der Waals surface area contributed by atoms with Gasteiger partial charge < -0.3 is 10.4 Å². The lowest BCUT2D eigenvalue weighted by atomic mass is 10.2. The van der Waals surface area contributed by atoms with Crippen LogP contribution in [-0.2, 0) is 10.0 Å². The van der Waals surface area contributed by atoms with Crippen LogP contribution in [0.1, 0.15) is 28.8 Å². The van der Waals surface area contributed by atoms with Gasteiger partial charge in [-0.15, -0.1) is 0 Å². The molecule has 132 valence electrons. The van der Waals surface area contributed by atoms with E-state index in [1.165, 1.54) is 16.4 Å². The van der Waals surface area contributed by atoms with Crippen molar-refractivity contribution in [2.75, 3.05) is 18.4 Å². The molecule has 1 heterocycles. The number of phenolic OH excluding ortho intramolecular Hbond substituents is 1. The predicted molar refractivity (Wildman–Crippen MR) is 95.2 cm³/mol. The summed E-state index contributed by atoms with van der Waals surface area (Å²) in [6.07, 6.45) is 1.71. The highest BCUT2D eigenvalue weighted by Gasteiger charge is 2.27. The van der Waals surface area contributed by atoms with Crippen LogP contribution >= 0.6 is 0 Å². The van der Waals surface area contributed by atoms with Gasteiger partial charge in [0.05, 0.1) is 10.6 Å². The predicted octanol–water partition coefficient (Wildman–Crippen LogP) is 2.74. The summed E-state index contributed by atoms with van der Waals surface area (Å²) >= 11 is 0. The number of anilines is 1. The highest BCUT2D eigenvalue weighted by Crippen LogP contribution is 2.25. The Morgan fingerprint density at radius 1 is 1.12 bits per heavy atom. The van der Waals surface area contributed by atoms with Crippen LogP contribution in [0.4, 0.5) is 5.69 Å². The molecular formula is C18H20N2O4S. The average Bonchev–Trinajstić information content (AvgIpc) is 3.13. The van der Waals surface area contributed by atoms with Crippen molar-refractivity contribution in [3.63, 3.8) is 0 Å². The van der Waals surface area contributed by atoms with Gasteiger partial charge in [-0.05, 0) is 55.7 Å². The molecule has 0 bridgehead atoms. The number of benzene rings is 2. The number of nitrogens with zero attached hydrogens (tertiary/aromatic N) is 1. The molecule has 1 aliphatic rings. The first kappa shape index (κ1) is 17.4. The molecular weight excluding hydrogens is 340 g/mol. The van der Waals surface area contributed by atoms with Gasteiger partial charge in [0.15, 0.2) is 0 Å². The summed E-state index contributed by atoms with van der Waals surface area (Å²) in [5.41, 5.74) is 1.37. The summed E-state index contributed by atoms with van der Waals surface area (Å²) in [5.74, 6) is -0.508. The van der Waals surface area contributed by atoms with Crippen molar-refractivity contribution in [3.05, 3.63) is 53.6 Å². The van der Waals surface area contributed by atoms with Gasteiger partial charge in [0.1, 0.15) is 5.75 Å². The van der Waals surface area contributed by atoms with Crippen LogP contribution in [0.3, 0.4) is 0 Å². The average molecular weight is 360 g/mol. The summed E-state index contributed by atoms with van der Waals surface area (Å²) in [7, 11) is -3.58. The maximum Gasteiger partial charge on any atom is 0.255 e. The first-order valence-corrected chi connectivity index (χ1v) is 9.53. The third kappa shape index (κ3) is 3.67. The smallest absolute Gasteiger partial charge is 0.255 e. The largest absolute Gasteiger partial charge is 0.506 e. The normalized spacial score (nSPS) is 15.2. The van der Waals surface area contributed by atoms with Crippen LogP contribution in [0.15, 0.2) is 47.4 Å².